The van der Waals surface area contributed by atoms with Gasteiger partial charge >= 0.3 is 12.2 Å². The first-order valence-electron chi connectivity index (χ1n) is 12.4. The number of hydrogen-bond acceptors (Lipinski definition) is 8. The smallest absolute Gasteiger partial charge is 0.419 e. The van der Waals surface area contributed by atoms with Crippen molar-refractivity contribution in [2.45, 2.75) is 25.7 Å². The Labute approximate surface area is 218 Å². The van der Waals surface area contributed by atoms with Gasteiger partial charge in [0.1, 0.15) is 11.5 Å². The van der Waals surface area contributed by atoms with Gasteiger partial charge in [-0.05, 0) is 85.1 Å². The molecule has 2 saturated heterocycles. The predicted molar refractivity (Wildman–Crippen MR) is 135 cm³/mol. The minimum Gasteiger partial charge on any atom is -0.493 e. The van der Waals surface area contributed by atoms with E-state index in [0.717, 1.165) is 48.3 Å². The van der Waals surface area contributed by atoms with E-state index in [9.17, 15) is 19.2 Å². The summed E-state index contributed by atoms with van der Waals surface area (Å²) < 4.78 is 21.6. The number of rotatable bonds is 8. The summed E-state index contributed by atoms with van der Waals surface area (Å²) in [4.78, 5) is 45.3. The van der Waals surface area contributed by atoms with Crippen molar-refractivity contribution in [2.24, 2.45) is 11.8 Å². The molecule has 0 unspecified atom stereocenters. The summed E-state index contributed by atoms with van der Waals surface area (Å²) in [7, 11) is 0. The first kappa shape index (κ1) is 25.1. The highest BCUT2D eigenvalue weighted by Crippen LogP contribution is 2.30. The largest absolute Gasteiger partial charge is 0.493 e. The monoisotopic (exact) mass is 518 g/mol. The molecule has 2 heterocycles. The molecule has 0 radical (unpaired) electrons. The number of imide groups is 2. The summed E-state index contributed by atoms with van der Waals surface area (Å²) in [6.07, 6.45) is 5.73. The van der Waals surface area contributed by atoms with Gasteiger partial charge in [0.25, 0.3) is 11.8 Å². The second-order valence-electron chi connectivity index (χ2n) is 9.35. The number of amides is 4. The van der Waals surface area contributed by atoms with Crippen LogP contribution in [0, 0.1) is 11.8 Å². The lowest BCUT2D eigenvalue weighted by atomic mass is 9.83. The minimum absolute atomic E-state index is 0.0253. The van der Waals surface area contributed by atoms with Crippen molar-refractivity contribution in [1.82, 2.24) is 10.6 Å². The number of ether oxygens (including phenoxy) is 4. The summed E-state index contributed by atoms with van der Waals surface area (Å²) in [6, 6.07) is 14.5. The lowest BCUT2D eigenvalue weighted by Crippen LogP contribution is -2.23. The Balaban J connectivity index is 1.02. The Hall–Kier alpha value is -4.60. The summed E-state index contributed by atoms with van der Waals surface area (Å²) >= 11 is 0. The van der Waals surface area contributed by atoms with Crippen LogP contribution in [0.2, 0.25) is 0 Å². The fourth-order valence-electron chi connectivity index (χ4n) is 4.46. The van der Waals surface area contributed by atoms with Crippen molar-refractivity contribution < 1.29 is 38.1 Å². The van der Waals surface area contributed by atoms with Crippen molar-refractivity contribution in [1.29, 1.82) is 0 Å². The summed E-state index contributed by atoms with van der Waals surface area (Å²) in [5, 5.41) is 4.13. The zero-order chi connectivity index (χ0) is 26.5. The average molecular weight is 519 g/mol. The second-order valence-corrected chi connectivity index (χ2v) is 9.35. The summed E-state index contributed by atoms with van der Waals surface area (Å²) in [5.74, 6) is 1.30. The molecular weight excluding hydrogens is 492 g/mol. The zero-order valence-electron chi connectivity index (χ0n) is 20.4. The van der Waals surface area contributed by atoms with Crippen molar-refractivity contribution in [3.05, 3.63) is 71.2 Å². The van der Waals surface area contributed by atoms with Crippen LogP contribution in [-0.4, -0.2) is 37.2 Å². The Kier molecular flexibility index (Phi) is 7.39. The first-order chi connectivity index (χ1) is 18.4. The van der Waals surface area contributed by atoms with Crippen LogP contribution in [0.4, 0.5) is 9.59 Å². The van der Waals surface area contributed by atoms with Crippen LogP contribution in [0.3, 0.4) is 0 Å². The zero-order valence-corrected chi connectivity index (χ0v) is 20.4. The molecule has 1 aliphatic carbocycles. The van der Waals surface area contributed by atoms with Gasteiger partial charge in [-0.25, -0.2) is 9.59 Å². The highest BCUT2D eigenvalue weighted by atomic mass is 16.6. The Morgan fingerprint density at radius 2 is 1.00 bits per heavy atom. The molecule has 2 N–H and O–H groups in total. The Bertz CT molecular complexity index is 1190. The van der Waals surface area contributed by atoms with Crippen LogP contribution >= 0.6 is 0 Å². The Morgan fingerprint density at radius 1 is 0.632 bits per heavy atom. The lowest BCUT2D eigenvalue weighted by Gasteiger charge is -2.28. The number of hydrogen-bond donors (Lipinski definition) is 2. The van der Waals surface area contributed by atoms with Gasteiger partial charge in [0.05, 0.1) is 13.2 Å². The maximum atomic E-state index is 11.6. The van der Waals surface area contributed by atoms with E-state index in [1.165, 1.54) is 12.2 Å². The van der Waals surface area contributed by atoms with E-state index in [4.69, 9.17) is 18.9 Å². The number of cyclic esters (lactones) is 2. The van der Waals surface area contributed by atoms with Crippen molar-refractivity contribution in [3.63, 3.8) is 0 Å². The molecule has 0 spiro atoms. The normalized spacial score (nSPS) is 23.2. The molecule has 2 aromatic carbocycles. The average Bonchev–Trinajstić information content (AvgIpc) is 3.41. The van der Waals surface area contributed by atoms with Crippen molar-refractivity contribution in [2.75, 3.05) is 13.2 Å². The second kappa shape index (κ2) is 11.2. The quantitative estimate of drug-likeness (QED) is 0.499. The van der Waals surface area contributed by atoms with E-state index in [1.807, 2.05) is 24.3 Å². The molecule has 3 aliphatic rings. The number of nitrogens with one attached hydrogen (secondary N) is 2. The molecule has 3 fully saturated rings. The van der Waals surface area contributed by atoms with Crippen LogP contribution in [-0.2, 0) is 19.1 Å². The number of alkyl carbamates (subject to hydrolysis) is 2. The molecular formula is C28H26N2O8. The fraction of sp³-hybridized carbons (Fsp3) is 0.286. The molecule has 38 heavy (non-hydrogen) atoms. The van der Waals surface area contributed by atoms with Gasteiger partial charge < -0.3 is 18.9 Å². The number of carbonyl (C=O) groups is 4. The maximum Gasteiger partial charge on any atom is 0.419 e. The van der Waals surface area contributed by atoms with Gasteiger partial charge in [0.2, 0.25) is 0 Å². The van der Waals surface area contributed by atoms with Crippen molar-refractivity contribution in [3.8, 4) is 11.5 Å². The standard InChI is InChI=1S/C28H26N2O8/c31-25-23(37-27(33)29-25)13-17-5-9-21(10-6-17)35-15-19-1-2-20(4-3-19)16-36-22-11-7-18(8-12-22)14-24-26(32)30-28(34)38-24/h5-14,19-20H,1-4,15-16H2,(H,29,31,33)(H,30,32,34). The predicted octanol–water partition coefficient (Wildman–Crippen LogP) is 4.17. The van der Waals surface area contributed by atoms with Crippen LogP contribution < -0.4 is 20.1 Å². The van der Waals surface area contributed by atoms with E-state index in [2.05, 4.69) is 10.6 Å². The third-order valence-electron chi connectivity index (χ3n) is 6.58. The first-order valence-corrected chi connectivity index (χ1v) is 12.4. The highest BCUT2D eigenvalue weighted by molar-refractivity contribution is 6.10. The van der Waals surface area contributed by atoms with Gasteiger partial charge in [-0.2, -0.15) is 0 Å². The van der Waals surface area contributed by atoms with E-state index >= 15 is 0 Å². The van der Waals surface area contributed by atoms with Gasteiger partial charge in [0, 0.05) is 0 Å². The fourth-order valence-corrected chi connectivity index (χ4v) is 4.46. The molecule has 0 aromatic heterocycles. The molecule has 5 rings (SSSR count). The van der Waals surface area contributed by atoms with Crippen LogP contribution in [0.1, 0.15) is 36.8 Å². The van der Waals surface area contributed by atoms with Gasteiger partial charge in [-0.1, -0.05) is 24.3 Å². The lowest BCUT2D eigenvalue weighted by molar-refractivity contribution is -0.117. The molecule has 10 heteroatoms. The Morgan fingerprint density at radius 3 is 1.32 bits per heavy atom. The molecule has 2 aliphatic heterocycles. The van der Waals surface area contributed by atoms with Gasteiger partial charge in [0.15, 0.2) is 11.5 Å². The molecule has 1 saturated carbocycles. The summed E-state index contributed by atoms with van der Waals surface area (Å²) in [6.45, 7) is 1.27. The molecule has 4 amide bonds. The SMILES string of the molecule is O=C1NC(=O)C(=Cc2ccc(OCC3CCC(COc4ccc(C=C5OC(=O)NC5=O)cc4)CC3)cc2)O1. The topological polar surface area (TPSA) is 129 Å². The van der Waals surface area contributed by atoms with Crippen LogP contribution in [0.25, 0.3) is 12.2 Å². The van der Waals surface area contributed by atoms with E-state index in [1.54, 1.807) is 24.3 Å². The molecule has 0 atom stereocenters. The number of benzene rings is 2. The number of carbonyl (C=O) groups excluding carboxylic acids is 4. The maximum absolute atomic E-state index is 11.6. The van der Waals surface area contributed by atoms with E-state index < -0.39 is 24.0 Å². The molecule has 2 aromatic rings. The highest BCUT2D eigenvalue weighted by Gasteiger charge is 2.27. The van der Waals surface area contributed by atoms with Crippen LogP contribution in [0.5, 0.6) is 11.5 Å². The summed E-state index contributed by atoms with van der Waals surface area (Å²) in [5.41, 5.74) is 1.46. The third kappa shape index (κ3) is 6.39. The van der Waals surface area contributed by atoms with E-state index in [0.29, 0.717) is 25.0 Å². The van der Waals surface area contributed by atoms with E-state index in [-0.39, 0.29) is 11.5 Å². The minimum atomic E-state index is -0.766. The molecule has 0 bridgehead atoms. The van der Waals surface area contributed by atoms with Gasteiger partial charge in [-0.3, -0.25) is 20.2 Å². The van der Waals surface area contributed by atoms with Crippen molar-refractivity contribution >= 4 is 36.2 Å². The molecule has 196 valence electrons. The molecule has 10 nitrogen and oxygen atoms in total. The van der Waals surface area contributed by atoms with Gasteiger partial charge in [-0.15, -0.1) is 0 Å². The van der Waals surface area contributed by atoms with Crippen LogP contribution in [0.15, 0.2) is 60.0 Å². The third-order valence-corrected chi connectivity index (χ3v) is 6.58.